The first kappa shape index (κ1) is 19.4. The highest BCUT2D eigenvalue weighted by Gasteiger charge is 2.29. The number of halogens is 1. The van der Waals surface area contributed by atoms with Crippen molar-refractivity contribution >= 4 is 35.1 Å². The minimum absolute atomic E-state index is 0.0112. The molecule has 1 aromatic heterocycles. The number of nitrogens with zero attached hydrogens (tertiary/aromatic N) is 4. The zero-order valence-corrected chi connectivity index (χ0v) is 17.0. The Hall–Kier alpha value is -2.95. The van der Waals surface area contributed by atoms with Gasteiger partial charge in [0.15, 0.2) is 0 Å². The van der Waals surface area contributed by atoms with Crippen LogP contribution in [0.15, 0.2) is 54.7 Å². The molecule has 0 radical (unpaired) electrons. The van der Waals surface area contributed by atoms with Crippen LogP contribution in [0.25, 0.3) is 5.69 Å². The molecule has 2 heterocycles. The van der Waals surface area contributed by atoms with Crippen LogP contribution in [0.3, 0.4) is 0 Å². The Morgan fingerprint density at radius 2 is 1.93 bits per heavy atom. The van der Waals surface area contributed by atoms with Crippen molar-refractivity contribution in [2.24, 2.45) is 0 Å². The van der Waals surface area contributed by atoms with E-state index in [1.165, 1.54) is 10.9 Å². The predicted octanol–water partition coefficient (Wildman–Crippen LogP) is 3.91. The largest absolute Gasteiger partial charge is 0.382 e. The molecule has 0 spiro atoms. The van der Waals surface area contributed by atoms with E-state index in [1.54, 1.807) is 24.3 Å². The quantitative estimate of drug-likeness (QED) is 0.690. The van der Waals surface area contributed by atoms with Crippen LogP contribution in [0.1, 0.15) is 27.5 Å². The highest BCUT2D eigenvalue weighted by atomic mass is 35.5. The highest BCUT2D eigenvalue weighted by Crippen LogP contribution is 2.31. The Labute approximate surface area is 177 Å². The normalized spacial score (nSPS) is 16.4. The van der Waals surface area contributed by atoms with Crippen molar-refractivity contribution in [3.63, 3.8) is 0 Å². The summed E-state index contributed by atoms with van der Waals surface area (Å²) >= 11 is 7.86. The fourth-order valence-corrected chi connectivity index (χ4v) is 4.58. The first-order chi connectivity index (χ1) is 14.1. The van der Waals surface area contributed by atoms with Crippen LogP contribution in [0.5, 0.6) is 0 Å². The number of nitrogens with two attached hydrogens (primary N) is 1. The highest BCUT2D eigenvalue weighted by molar-refractivity contribution is 7.99. The Morgan fingerprint density at radius 3 is 2.59 bits per heavy atom. The minimum Gasteiger partial charge on any atom is -0.382 e. The third-order valence-electron chi connectivity index (χ3n) is 4.93. The molecule has 2 N–H and O–H groups in total. The first-order valence-corrected chi connectivity index (χ1v) is 10.6. The van der Waals surface area contributed by atoms with Gasteiger partial charge in [-0.25, -0.2) is 4.68 Å². The fraction of sp³-hybridized carbons (Fsp3) is 0.190. The van der Waals surface area contributed by atoms with E-state index in [9.17, 15) is 4.79 Å². The van der Waals surface area contributed by atoms with Crippen molar-refractivity contribution in [2.75, 3.05) is 23.8 Å². The SMILES string of the molecule is N#Cc1cnn(-c2ccc(C(=O)N3CCSC[C@@H]3c3ccc(Cl)cc3)cc2)c1N. The topological polar surface area (TPSA) is 87.9 Å². The van der Waals surface area contributed by atoms with Gasteiger partial charge in [0.2, 0.25) is 0 Å². The molecule has 6 nitrogen and oxygen atoms in total. The van der Waals surface area contributed by atoms with Gasteiger partial charge < -0.3 is 10.6 Å². The summed E-state index contributed by atoms with van der Waals surface area (Å²) in [5.41, 5.74) is 8.65. The lowest BCUT2D eigenvalue weighted by Crippen LogP contribution is -2.40. The Morgan fingerprint density at radius 1 is 1.21 bits per heavy atom. The van der Waals surface area contributed by atoms with Crippen molar-refractivity contribution in [3.05, 3.63) is 76.4 Å². The van der Waals surface area contributed by atoms with Gasteiger partial charge >= 0.3 is 0 Å². The number of nitrogen functional groups attached to an aromatic ring is 1. The molecule has 0 bridgehead atoms. The first-order valence-electron chi connectivity index (χ1n) is 9.06. The maximum atomic E-state index is 13.2. The van der Waals surface area contributed by atoms with Crippen LogP contribution in [0, 0.1) is 11.3 Å². The van der Waals surface area contributed by atoms with Gasteiger partial charge in [-0.05, 0) is 42.0 Å². The molecule has 1 atom stereocenters. The van der Waals surface area contributed by atoms with E-state index in [1.807, 2.05) is 47.0 Å². The number of aromatic nitrogens is 2. The number of carbonyl (C=O) groups is 1. The van der Waals surface area contributed by atoms with Gasteiger partial charge in [-0.2, -0.15) is 22.1 Å². The minimum atomic E-state index is -0.0112. The molecule has 0 aliphatic carbocycles. The average Bonchev–Trinajstić information content (AvgIpc) is 3.14. The third-order valence-corrected chi connectivity index (χ3v) is 6.20. The maximum absolute atomic E-state index is 13.2. The molecular formula is C21H18ClN5OS. The van der Waals surface area contributed by atoms with E-state index in [-0.39, 0.29) is 17.8 Å². The standard InChI is InChI=1S/C21H18ClN5OS/c22-17-5-1-14(2-6-17)19-13-29-10-9-26(19)21(28)15-3-7-18(8-4-15)27-20(24)16(11-23)12-25-27/h1-8,12,19H,9-10,13,24H2/t19-/m1/s1. The van der Waals surface area contributed by atoms with Gasteiger partial charge in [-0.15, -0.1) is 0 Å². The molecule has 1 fully saturated rings. The third kappa shape index (κ3) is 3.82. The monoisotopic (exact) mass is 423 g/mol. The molecule has 8 heteroatoms. The maximum Gasteiger partial charge on any atom is 0.254 e. The number of carbonyl (C=O) groups excluding carboxylic acids is 1. The number of rotatable bonds is 3. The van der Waals surface area contributed by atoms with Crippen LogP contribution in [-0.2, 0) is 0 Å². The number of benzene rings is 2. The van der Waals surface area contributed by atoms with Crippen molar-refractivity contribution in [3.8, 4) is 11.8 Å². The average molecular weight is 424 g/mol. The summed E-state index contributed by atoms with van der Waals surface area (Å²) in [4.78, 5) is 15.1. The molecule has 0 unspecified atom stereocenters. The summed E-state index contributed by atoms with van der Waals surface area (Å²) < 4.78 is 1.49. The zero-order chi connectivity index (χ0) is 20.4. The van der Waals surface area contributed by atoms with E-state index in [0.29, 0.717) is 28.4 Å². The van der Waals surface area contributed by atoms with E-state index in [4.69, 9.17) is 22.6 Å². The van der Waals surface area contributed by atoms with Crippen LogP contribution < -0.4 is 5.73 Å². The number of hydrogen-bond donors (Lipinski definition) is 1. The molecule has 4 rings (SSSR count). The van der Waals surface area contributed by atoms with E-state index >= 15 is 0 Å². The van der Waals surface area contributed by atoms with Crippen molar-refractivity contribution in [2.45, 2.75) is 6.04 Å². The molecule has 1 aliphatic rings. The summed E-state index contributed by atoms with van der Waals surface area (Å²) in [7, 11) is 0. The summed E-state index contributed by atoms with van der Waals surface area (Å²) in [6.07, 6.45) is 1.43. The molecule has 1 saturated heterocycles. The van der Waals surface area contributed by atoms with E-state index < -0.39 is 0 Å². The number of nitriles is 1. The van der Waals surface area contributed by atoms with Crippen molar-refractivity contribution < 1.29 is 4.79 Å². The van der Waals surface area contributed by atoms with Crippen molar-refractivity contribution in [1.82, 2.24) is 14.7 Å². The zero-order valence-electron chi connectivity index (χ0n) is 15.5. The Balaban J connectivity index is 1.58. The van der Waals surface area contributed by atoms with Gasteiger partial charge in [-0.3, -0.25) is 4.79 Å². The second-order valence-corrected chi connectivity index (χ2v) is 8.24. The number of anilines is 1. The van der Waals surface area contributed by atoms with Gasteiger partial charge in [0, 0.05) is 28.6 Å². The molecule has 1 amide bonds. The van der Waals surface area contributed by atoms with E-state index in [0.717, 1.165) is 17.1 Å². The summed E-state index contributed by atoms with van der Waals surface area (Å²) in [6, 6.07) is 16.8. The molecule has 29 heavy (non-hydrogen) atoms. The molecule has 146 valence electrons. The van der Waals surface area contributed by atoms with E-state index in [2.05, 4.69) is 5.10 Å². The van der Waals surface area contributed by atoms with Crippen molar-refractivity contribution in [1.29, 1.82) is 5.26 Å². The molecule has 3 aromatic rings. The second-order valence-electron chi connectivity index (χ2n) is 6.65. The number of amides is 1. The molecule has 1 aliphatic heterocycles. The van der Waals surface area contributed by atoms with Crippen LogP contribution in [0.2, 0.25) is 5.02 Å². The van der Waals surface area contributed by atoms with Gasteiger partial charge in [0.05, 0.1) is 17.9 Å². The lowest BCUT2D eigenvalue weighted by atomic mass is 10.0. The molecule has 0 saturated carbocycles. The van der Waals surface area contributed by atoms with Gasteiger partial charge in [0.1, 0.15) is 17.5 Å². The van der Waals surface area contributed by atoms with Crippen LogP contribution >= 0.6 is 23.4 Å². The van der Waals surface area contributed by atoms with Gasteiger partial charge in [0.25, 0.3) is 5.91 Å². The lowest BCUT2D eigenvalue weighted by molar-refractivity contribution is 0.0701. The van der Waals surface area contributed by atoms with Crippen LogP contribution in [0.4, 0.5) is 5.82 Å². The summed E-state index contributed by atoms with van der Waals surface area (Å²) in [6.45, 7) is 0.691. The fourth-order valence-electron chi connectivity index (χ4n) is 3.37. The lowest BCUT2D eigenvalue weighted by Gasteiger charge is -2.36. The molecular weight excluding hydrogens is 406 g/mol. The number of hydrogen-bond acceptors (Lipinski definition) is 5. The smallest absolute Gasteiger partial charge is 0.254 e. The van der Waals surface area contributed by atoms with Gasteiger partial charge in [-0.1, -0.05) is 23.7 Å². The second kappa shape index (κ2) is 8.19. The molecule has 2 aromatic carbocycles. The number of thioether (sulfide) groups is 1. The van der Waals surface area contributed by atoms with Crippen LogP contribution in [-0.4, -0.2) is 38.6 Å². The Bertz CT molecular complexity index is 1070. The summed E-state index contributed by atoms with van der Waals surface area (Å²) in [5, 5.41) is 13.9. The predicted molar refractivity (Wildman–Crippen MR) is 115 cm³/mol. The Kier molecular flexibility index (Phi) is 5.47. The summed E-state index contributed by atoms with van der Waals surface area (Å²) in [5.74, 6) is 2.03.